The quantitative estimate of drug-likeness (QED) is 0.493. The van der Waals surface area contributed by atoms with Crippen LogP contribution in [0.4, 0.5) is 0 Å². The Morgan fingerprint density at radius 1 is 1.29 bits per heavy atom. The molecule has 146 valence electrons. The fourth-order valence-corrected chi connectivity index (χ4v) is 5.11. The van der Waals surface area contributed by atoms with Gasteiger partial charge in [-0.1, -0.05) is 47.5 Å². The molecule has 2 amide bonds. The van der Waals surface area contributed by atoms with Crippen molar-refractivity contribution in [2.45, 2.75) is 18.4 Å². The van der Waals surface area contributed by atoms with Crippen LogP contribution in [0.5, 0.6) is 0 Å². The molecular weight excluding hydrogens is 421 g/mol. The molecule has 0 fully saturated rings. The summed E-state index contributed by atoms with van der Waals surface area (Å²) in [6, 6.07) is 8.97. The molecule has 0 unspecified atom stereocenters. The average molecular weight is 438 g/mol. The van der Waals surface area contributed by atoms with Gasteiger partial charge in [-0.3, -0.25) is 9.59 Å². The van der Waals surface area contributed by atoms with E-state index >= 15 is 0 Å². The number of aromatic amines is 1. The van der Waals surface area contributed by atoms with Crippen LogP contribution in [-0.2, 0) is 11.2 Å². The molecule has 0 radical (unpaired) electrons. The van der Waals surface area contributed by atoms with Gasteiger partial charge in [0.1, 0.15) is 10.0 Å². The number of benzene rings is 1. The van der Waals surface area contributed by atoms with Gasteiger partial charge in [-0.15, -0.1) is 11.3 Å². The number of hydrogen-bond acceptors (Lipinski definition) is 4. The zero-order valence-corrected chi connectivity index (χ0v) is 16.9. The van der Waals surface area contributed by atoms with Gasteiger partial charge in [-0.05, 0) is 23.6 Å². The van der Waals surface area contributed by atoms with E-state index < -0.39 is 5.92 Å². The van der Waals surface area contributed by atoms with Crippen LogP contribution in [0.1, 0.15) is 27.5 Å². The molecule has 0 saturated heterocycles. The van der Waals surface area contributed by atoms with Crippen LogP contribution in [-0.4, -0.2) is 41.1 Å². The first kappa shape index (κ1) is 19.3. The van der Waals surface area contributed by atoms with Gasteiger partial charge in [-0.2, -0.15) is 0 Å². The molecule has 2 atom stereocenters. The molecule has 28 heavy (non-hydrogen) atoms. The van der Waals surface area contributed by atoms with Crippen molar-refractivity contribution in [2.24, 2.45) is 0 Å². The second-order valence-corrected chi connectivity index (χ2v) is 8.62. The summed E-state index contributed by atoms with van der Waals surface area (Å²) in [7, 11) is 0. The second-order valence-electron chi connectivity index (χ2n) is 6.59. The SMILES string of the molecule is O=C(N[C@@H]1Cc2ccccc2[C@H]1C(=O)NCCO)c1cc2sc(Cl)c(Cl)c2[nH]1. The summed E-state index contributed by atoms with van der Waals surface area (Å²) in [6.45, 7) is 0.0317. The molecule has 4 N–H and O–H groups in total. The summed E-state index contributed by atoms with van der Waals surface area (Å²) >= 11 is 13.5. The predicted octanol–water partition coefficient (Wildman–Crippen LogP) is 3.08. The van der Waals surface area contributed by atoms with Crippen LogP contribution >= 0.6 is 34.5 Å². The molecule has 1 aliphatic carbocycles. The summed E-state index contributed by atoms with van der Waals surface area (Å²) in [5.41, 5.74) is 2.92. The van der Waals surface area contributed by atoms with Gasteiger partial charge in [0, 0.05) is 12.6 Å². The summed E-state index contributed by atoms with van der Waals surface area (Å²) in [5, 5.41) is 15.1. The molecule has 0 spiro atoms. The Bertz CT molecular complexity index is 1060. The number of fused-ring (bicyclic) bond motifs is 2. The first-order valence-corrected chi connectivity index (χ1v) is 10.3. The van der Waals surface area contributed by atoms with Crippen LogP contribution in [0, 0.1) is 0 Å². The van der Waals surface area contributed by atoms with E-state index in [2.05, 4.69) is 15.6 Å². The number of aliphatic hydroxyl groups excluding tert-OH is 1. The largest absolute Gasteiger partial charge is 0.395 e. The van der Waals surface area contributed by atoms with Gasteiger partial charge in [0.25, 0.3) is 5.91 Å². The van der Waals surface area contributed by atoms with Crippen molar-refractivity contribution in [2.75, 3.05) is 13.2 Å². The molecule has 9 heteroatoms. The maximum absolute atomic E-state index is 12.8. The lowest BCUT2D eigenvalue weighted by Gasteiger charge is -2.21. The number of amides is 2. The van der Waals surface area contributed by atoms with Crippen LogP contribution in [0.2, 0.25) is 9.36 Å². The van der Waals surface area contributed by atoms with Crippen molar-refractivity contribution < 1.29 is 14.7 Å². The number of hydrogen-bond donors (Lipinski definition) is 4. The highest BCUT2D eigenvalue weighted by atomic mass is 35.5. The van der Waals surface area contributed by atoms with Crippen molar-refractivity contribution in [1.29, 1.82) is 0 Å². The van der Waals surface area contributed by atoms with E-state index in [0.29, 0.717) is 27.0 Å². The van der Waals surface area contributed by atoms with Crippen molar-refractivity contribution in [3.63, 3.8) is 0 Å². The fourth-order valence-electron chi connectivity index (χ4n) is 3.63. The lowest BCUT2D eigenvalue weighted by Crippen LogP contribution is -2.44. The molecule has 1 aromatic carbocycles. The Hall–Kier alpha value is -2.06. The zero-order chi connectivity index (χ0) is 19.8. The Morgan fingerprint density at radius 2 is 2.07 bits per heavy atom. The second kappa shape index (κ2) is 7.75. The van der Waals surface area contributed by atoms with E-state index in [1.807, 2.05) is 24.3 Å². The van der Waals surface area contributed by atoms with E-state index in [4.69, 9.17) is 28.3 Å². The van der Waals surface area contributed by atoms with Crippen molar-refractivity contribution in [3.05, 3.63) is 56.5 Å². The third-order valence-electron chi connectivity index (χ3n) is 4.86. The normalized spacial score (nSPS) is 18.2. The Kier molecular flexibility index (Phi) is 5.33. The van der Waals surface area contributed by atoms with Gasteiger partial charge < -0.3 is 20.7 Å². The van der Waals surface area contributed by atoms with Crippen molar-refractivity contribution in [3.8, 4) is 0 Å². The third-order valence-corrected chi connectivity index (χ3v) is 6.79. The lowest BCUT2D eigenvalue weighted by atomic mass is 9.97. The molecule has 4 rings (SSSR count). The van der Waals surface area contributed by atoms with Crippen molar-refractivity contribution in [1.82, 2.24) is 15.6 Å². The standard InChI is InChI=1S/C19H17Cl2N3O3S/c20-15-16-13(28-17(15)21)8-12(23-16)18(26)24-11-7-9-3-1-2-4-10(9)14(11)19(27)22-5-6-25/h1-4,8,11,14,23,25H,5-7H2,(H,22,27)(H,24,26)/t11-,14-/m1/s1. The fraction of sp³-hybridized carbons (Fsp3) is 0.263. The van der Waals surface area contributed by atoms with E-state index in [1.165, 1.54) is 11.3 Å². The summed E-state index contributed by atoms with van der Waals surface area (Å²) in [4.78, 5) is 28.5. The van der Waals surface area contributed by atoms with Crippen LogP contribution in [0.3, 0.4) is 0 Å². The van der Waals surface area contributed by atoms with E-state index in [0.717, 1.165) is 15.8 Å². The van der Waals surface area contributed by atoms with Crippen LogP contribution in [0.15, 0.2) is 30.3 Å². The van der Waals surface area contributed by atoms with E-state index in [-0.39, 0.29) is 31.0 Å². The number of aromatic nitrogens is 1. The number of aliphatic hydroxyl groups is 1. The monoisotopic (exact) mass is 437 g/mol. The highest BCUT2D eigenvalue weighted by Gasteiger charge is 2.38. The maximum Gasteiger partial charge on any atom is 0.268 e. The first-order chi connectivity index (χ1) is 13.5. The molecule has 0 aliphatic heterocycles. The number of thiophene rings is 1. The lowest BCUT2D eigenvalue weighted by molar-refractivity contribution is -0.123. The molecule has 2 aromatic heterocycles. The molecule has 6 nitrogen and oxygen atoms in total. The zero-order valence-electron chi connectivity index (χ0n) is 14.6. The number of rotatable bonds is 5. The molecule has 2 heterocycles. The number of carbonyl (C=O) groups is 2. The van der Waals surface area contributed by atoms with Gasteiger partial charge in [0.2, 0.25) is 5.91 Å². The van der Waals surface area contributed by atoms with Crippen LogP contribution < -0.4 is 10.6 Å². The van der Waals surface area contributed by atoms with E-state index in [9.17, 15) is 9.59 Å². The van der Waals surface area contributed by atoms with Gasteiger partial charge in [0.05, 0.1) is 27.8 Å². The summed E-state index contributed by atoms with van der Waals surface area (Å²) in [6.07, 6.45) is 0.556. The highest BCUT2D eigenvalue weighted by Crippen LogP contribution is 2.39. The average Bonchev–Trinajstić information content (AvgIpc) is 3.33. The van der Waals surface area contributed by atoms with Crippen molar-refractivity contribution >= 4 is 56.6 Å². The molecule has 0 bridgehead atoms. The number of halogens is 2. The Balaban J connectivity index is 1.58. The van der Waals surface area contributed by atoms with E-state index in [1.54, 1.807) is 6.07 Å². The van der Waals surface area contributed by atoms with Gasteiger partial charge >= 0.3 is 0 Å². The molecule has 0 saturated carbocycles. The topological polar surface area (TPSA) is 94.2 Å². The summed E-state index contributed by atoms with van der Waals surface area (Å²) < 4.78 is 1.27. The smallest absolute Gasteiger partial charge is 0.268 e. The minimum Gasteiger partial charge on any atom is -0.395 e. The number of H-pyrrole nitrogens is 1. The van der Waals surface area contributed by atoms with Crippen LogP contribution in [0.25, 0.3) is 10.2 Å². The predicted molar refractivity (Wildman–Crippen MR) is 110 cm³/mol. The maximum atomic E-state index is 12.8. The minimum atomic E-state index is -0.513. The molecule has 1 aliphatic rings. The van der Waals surface area contributed by atoms with Gasteiger partial charge in [0.15, 0.2) is 0 Å². The molecule has 3 aromatic rings. The Morgan fingerprint density at radius 3 is 2.82 bits per heavy atom. The third kappa shape index (κ3) is 3.39. The molecular formula is C19H17Cl2N3O3S. The summed E-state index contributed by atoms with van der Waals surface area (Å²) in [5.74, 6) is -1.04. The first-order valence-electron chi connectivity index (χ1n) is 8.73. The number of nitrogens with one attached hydrogen (secondary N) is 3. The Labute approximate surface area is 174 Å². The minimum absolute atomic E-state index is 0.139. The van der Waals surface area contributed by atoms with Gasteiger partial charge in [-0.25, -0.2) is 0 Å². The highest BCUT2D eigenvalue weighted by molar-refractivity contribution is 7.23. The number of carbonyl (C=O) groups excluding carboxylic acids is 2.